The van der Waals surface area contributed by atoms with E-state index in [1.807, 2.05) is 0 Å². The van der Waals surface area contributed by atoms with Gasteiger partial charge in [-0.1, -0.05) is 11.6 Å². The lowest BCUT2D eigenvalue weighted by molar-refractivity contribution is -0.141. The Labute approximate surface area is 95.9 Å². The van der Waals surface area contributed by atoms with Crippen LogP contribution < -0.4 is 0 Å². The van der Waals surface area contributed by atoms with E-state index in [0.29, 0.717) is 25.0 Å². The van der Waals surface area contributed by atoms with Gasteiger partial charge >= 0.3 is 5.97 Å². The Hall–Kier alpha value is -1.12. The van der Waals surface area contributed by atoms with Crippen LogP contribution in [0, 0.1) is 0 Å². The summed E-state index contributed by atoms with van der Waals surface area (Å²) in [5.74, 6) is 0.306. The number of rotatable bonds is 4. The second-order valence-electron chi connectivity index (χ2n) is 4.65. The predicted octanol–water partition coefficient (Wildman–Crippen LogP) is 2.54. The lowest BCUT2D eigenvalue weighted by Crippen LogP contribution is -2.07. The fourth-order valence-corrected chi connectivity index (χ4v) is 2.33. The Bertz CT molecular complexity index is 317. The second kappa shape index (κ2) is 5.28. The molecule has 0 radical (unpaired) electrons. The summed E-state index contributed by atoms with van der Waals surface area (Å²) in [6.45, 7) is 0. The molecule has 1 aliphatic carbocycles. The maximum atomic E-state index is 11.0. The quantitative estimate of drug-likeness (QED) is 0.542. The molecule has 88 valence electrons. The van der Waals surface area contributed by atoms with Gasteiger partial charge in [0.2, 0.25) is 0 Å². The average molecular weight is 222 g/mol. The van der Waals surface area contributed by atoms with Crippen LogP contribution >= 0.6 is 0 Å². The van der Waals surface area contributed by atoms with E-state index in [9.17, 15) is 9.59 Å². The lowest BCUT2D eigenvalue weighted by atomic mass is 9.94. The third kappa shape index (κ3) is 3.19. The van der Waals surface area contributed by atoms with Crippen LogP contribution in [0.15, 0.2) is 11.6 Å². The van der Waals surface area contributed by atoms with Crippen molar-refractivity contribution in [1.29, 1.82) is 0 Å². The molecule has 1 heterocycles. The van der Waals surface area contributed by atoms with Crippen LogP contribution in [-0.4, -0.2) is 17.9 Å². The highest BCUT2D eigenvalue weighted by atomic mass is 16.5. The summed E-state index contributed by atoms with van der Waals surface area (Å²) in [7, 11) is 0. The Morgan fingerprint density at radius 2 is 2.12 bits per heavy atom. The molecule has 3 nitrogen and oxygen atoms in total. The molecular formula is C13H18O3. The van der Waals surface area contributed by atoms with E-state index in [0.717, 1.165) is 32.1 Å². The van der Waals surface area contributed by atoms with Gasteiger partial charge in [0.15, 0.2) is 0 Å². The Morgan fingerprint density at radius 1 is 1.25 bits per heavy atom. The molecule has 0 saturated carbocycles. The van der Waals surface area contributed by atoms with Gasteiger partial charge in [-0.05, 0) is 32.1 Å². The summed E-state index contributed by atoms with van der Waals surface area (Å²) >= 11 is 0. The first-order chi connectivity index (χ1) is 7.74. The monoisotopic (exact) mass is 222 g/mol. The maximum Gasteiger partial charge on any atom is 0.306 e. The van der Waals surface area contributed by atoms with Crippen LogP contribution in [0.2, 0.25) is 0 Å². The molecule has 2 aliphatic rings. The number of cyclic esters (lactones) is 1. The Balaban J connectivity index is 1.64. The molecule has 2 rings (SSSR count). The standard InChI is InChI=1S/C13H18O3/c14-11-6-4-10(5-7-11)2-1-3-12-8-9-13(15)16-12/h4,12H,1-3,5-9H2. The average Bonchev–Trinajstić information content (AvgIpc) is 2.67. The summed E-state index contributed by atoms with van der Waals surface area (Å²) in [6.07, 6.45) is 9.06. The van der Waals surface area contributed by atoms with Crippen molar-refractivity contribution >= 4 is 11.8 Å². The molecule has 0 aromatic heterocycles. The minimum atomic E-state index is -0.0486. The fraction of sp³-hybridized carbons (Fsp3) is 0.692. The molecule has 0 N–H and O–H groups in total. The van der Waals surface area contributed by atoms with Crippen molar-refractivity contribution in [1.82, 2.24) is 0 Å². The molecular weight excluding hydrogens is 204 g/mol. The first-order valence-corrected chi connectivity index (χ1v) is 6.13. The van der Waals surface area contributed by atoms with E-state index in [1.54, 1.807) is 0 Å². The van der Waals surface area contributed by atoms with E-state index in [4.69, 9.17) is 4.74 Å². The van der Waals surface area contributed by atoms with Crippen molar-refractivity contribution in [2.45, 2.75) is 57.5 Å². The first kappa shape index (κ1) is 11.4. The van der Waals surface area contributed by atoms with Crippen LogP contribution in [0.3, 0.4) is 0 Å². The highest BCUT2D eigenvalue weighted by molar-refractivity contribution is 5.81. The van der Waals surface area contributed by atoms with Crippen molar-refractivity contribution in [3.8, 4) is 0 Å². The predicted molar refractivity (Wildman–Crippen MR) is 59.9 cm³/mol. The minimum Gasteiger partial charge on any atom is -0.462 e. The van der Waals surface area contributed by atoms with Gasteiger partial charge in [0, 0.05) is 19.3 Å². The summed E-state index contributed by atoms with van der Waals surface area (Å²) in [4.78, 5) is 21.9. The number of esters is 1. The smallest absolute Gasteiger partial charge is 0.306 e. The zero-order chi connectivity index (χ0) is 11.4. The van der Waals surface area contributed by atoms with Gasteiger partial charge in [-0.3, -0.25) is 9.59 Å². The Morgan fingerprint density at radius 3 is 2.75 bits per heavy atom. The molecule has 1 saturated heterocycles. The number of carbonyl (C=O) groups is 2. The summed E-state index contributed by atoms with van der Waals surface area (Å²) in [5, 5.41) is 0. The third-order valence-electron chi connectivity index (χ3n) is 3.34. The molecule has 0 amide bonds. The van der Waals surface area contributed by atoms with Crippen LogP contribution in [0.1, 0.15) is 51.4 Å². The van der Waals surface area contributed by atoms with E-state index in [1.165, 1.54) is 5.57 Å². The number of ether oxygens (including phenoxy) is 1. The normalized spacial score (nSPS) is 25.5. The van der Waals surface area contributed by atoms with Crippen molar-refractivity contribution in [2.24, 2.45) is 0 Å². The lowest BCUT2D eigenvalue weighted by Gasteiger charge is -2.13. The highest BCUT2D eigenvalue weighted by Crippen LogP contribution is 2.23. The third-order valence-corrected chi connectivity index (χ3v) is 3.34. The van der Waals surface area contributed by atoms with Gasteiger partial charge in [-0.2, -0.15) is 0 Å². The number of ketones is 1. The van der Waals surface area contributed by atoms with Crippen LogP contribution in [0.5, 0.6) is 0 Å². The van der Waals surface area contributed by atoms with Gasteiger partial charge in [-0.25, -0.2) is 0 Å². The molecule has 0 aromatic rings. The molecule has 0 bridgehead atoms. The van der Waals surface area contributed by atoms with E-state index in [2.05, 4.69) is 6.08 Å². The van der Waals surface area contributed by atoms with Gasteiger partial charge in [0.05, 0.1) is 0 Å². The molecule has 3 heteroatoms. The van der Waals surface area contributed by atoms with Gasteiger partial charge < -0.3 is 4.74 Å². The van der Waals surface area contributed by atoms with E-state index < -0.39 is 0 Å². The van der Waals surface area contributed by atoms with E-state index >= 15 is 0 Å². The number of allylic oxidation sites excluding steroid dienone is 2. The first-order valence-electron chi connectivity index (χ1n) is 6.13. The molecule has 1 aliphatic heterocycles. The largest absolute Gasteiger partial charge is 0.462 e. The van der Waals surface area contributed by atoms with Crippen molar-refractivity contribution in [3.63, 3.8) is 0 Å². The van der Waals surface area contributed by atoms with Crippen molar-refractivity contribution < 1.29 is 14.3 Å². The second-order valence-corrected chi connectivity index (χ2v) is 4.65. The van der Waals surface area contributed by atoms with Crippen molar-refractivity contribution in [2.75, 3.05) is 0 Å². The fourth-order valence-electron chi connectivity index (χ4n) is 2.33. The maximum absolute atomic E-state index is 11.0. The number of carbonyl (C=O) groups excluding carboxylic acids is 2. The Kier molecular flexibility index (Phi) is 3.75. The van der Waals surface area contributed by atoms with Crippen LogP contribution in [0.25, 0.3) is 0 Å². The van der Waals surface area contributed by atoms with Gasteiger partial charge in [0.1, 0.15) is 11.9 Å². The molecule has 0 spiro atoms. The number of hydrogen-bond acceptors (Lipinski definition) is 3. The summed E-state index contributed by atoms with van der Waals surface area (Å²) in [5.41, 5.74) is 1.41. The molecule has 16 heavy (non-hydrogen) atoms. The SMILES string of the molecule is O=C1CC=C(CCCC2CCC(=O)O2)CC1. The van der Waals surface area contributed by atoms with Crippen LogP contribution in [0.4, 0.5) is 0 Å². The van der Waals surface area contributed by atoms with E-state index in [-0.39, 0.29) is 12.1 Å². The van der Waals surface area contributed by atoms with Crippen molar-refractivity contribution in [3.05, 3.63) is 11.6 Å². The highest BCUT2D eigenvalue weighted by Gasteiger charge is 2.22. The summed E-state index contributed by atoms with van der Waals surface area (Å²) < 4.78 is 5.16. The molecule has 1 atom stereocenters. The molecule has 1 fully saturated rings. The minimum absolute atomic E-state index is 0.0486. The van der Waals surface area contributed by atoms with Gasteiger partial charge in [0.25, 0.3) is 0 Å². The number of Topliss-reactive ketones (excluding diaryl/α,β-unsaturated/α-hetero) is 1. The zero-order valence-corrected chi connectivity index (χ0v) is 9.54. The number of hydrogen-bond donors (Lipinski definition) is 0. The zero-order valence-electron chi connectivity index (χ0n) is 9.54. The van der Waals surface area contributed by atoms with Crippen LogP contribution in [-0.2, 0) is 14.3 Å². The topological polar surface area (TPSA) is 43.4 Å². The van der Waals surface area contributed by atoms with Gasteiger partial charge in [-0.15, -0.1) is 0 Å². The summed E-state index contributed by atoms with van der Waals surface area (Å²) in [6, 6.07) is 0. The molecule has 1 unspecified atom stereocenters. The molecule has 0 aromatic carbocycles.